The topological polar surface area (TPSA) is 40.5 Å². The van der Waals surface area contributed by atoms with E-state index in [1.54, 1.807) is 0 Å². The predicted octanol–water partition coefficient (Wildman–Crippen LogP) is 5.17. The first-order valence-electron chi connectivity index (χ1n) is 10.3. The van der Waals surface area contributed by atoms with Gasteiger partial charge in [-0.25, -0.2) is 0 Å². The zero-order chi connectivity index (χ0) is 20.1. The summed E-state index contributed by atoms with van der Waals surface area (Å²) in [5.74, 6) is -0.437. The number of nitrogens with zero attached hydrogens (tertiary/aromatic N) is 1. The Kier molecular flexibility index (Phi) is 5.77. The van der Waals surface area contributed by atoms with Crippen LogP contribution in [0.1, 0.15) is 36.0 Å². The Morgan fingerprint density at radius 1 is 0.759 bits per heavy atom. The van der Waals surface area contributed by atoms with Gasteiger partial charge in [0.25, 0.3) is 0 Å². The lowest BCUT2D eigenvalue weighted by Gasteiger charge is -2.48. The highest BCUT2D eigenvalue weighted by Gasteiger charge is 2.43. The highest BCUT2D eigenvalue weighted by atomic mass is 16.4. The van der Waals surface area contributed by atoms with Crippen LogP contribution in [0.5, 0.6) is 0 Å². The maximum Gasteiger partial charge on any atom is 0.303 e. The fraction of sp³-hybridized carbons (Fsp3) is 0.269. The Labute approximate surface area is 172 Å². The minimum absolute atomic E-state index is 0.253. The highest BCUT2D eigenvalue weighted by molar-refractivity contribution is 5.67. The first-order valence-corrected chi connectivity index (χ1v) is 10.3. The van der Waals surface area contributed by atoms with Crippen molar-refractivity contribution in [3.05, 3.63) is 108 Å². The molecule has 3 aromatic carbocycles. The largest absolute Gasteiger partial charge is 0.481 e. The van der Waals surface area contributed by atoms with E-state index in [2.05, 4.69) is 95.9 Å². The number of carboxylic acid groups (broad SMARTS) is 1. The smallest absolute Gasteiger partial charge is 0.303 e. The van der Waals surface area contributed by atoms with Gasteiger partial charge >= 0.3 is 5.97 Å². The van der Waals surface area contributed by atoms with Crippen molar-refractivity contribution in [3.63, 3.8) is 0 Å². The molecule has 1 N–H and O–H groups in total. The summed E-state index contributed by atoms with van der Waals surface area (Å²) >= 11 is 0. The van der Waals surface area contributed by atoms with Crippen LogP contribution in [0.3, 0.4) is 0 Å². The van der Waals surface area contributed by atoms with E-state index >= 15 is 0 Å². The van der Waals surface area contributed by atoms with Gasteiger partial charge in [-0.05, 0) is 48.5 Å². The average molecular weight is 386 g/mol. The number of aliphatic carboxylic acids is 1. The number of benzene rings is 3. The highest BCUT2D eigenvalue weighted by Crippen LogP contribution is 2.44. The third-order valence-corrected chi connectivity index (χ3v) is 6.13. The van der Waals surface area contributed by atoms with Gasteiger partial charge in [0.15, 0.2) is 0 Å². The molecule has 0 radical (unpaired) electrons. The molecular formula is C26H27NO2. The molecule has 4 rings (SSSR count). The normalized spacial score (nSPS) is 15.9. The number of likely N-dealkylation sites (tertiary alicyclic amines) is 1. The van der Waals surface area contributed by atoms with Gasteiger partial charge in [-0.2, -0.15) is 0 Å². The van der Waals surface area contributed by atoms with Crippen molar-refractivity contribution in [2.45, 2.75) is 24.8 Å². The van der Waals surface area contributed by atoms with Crippen LogP contribution >= 0.6 is 0 Å². The van der Waals surface area contributed by atoms with E-state index in [0.717, 1.165) is 25.9 Å². The van der Waals surface area contributed by atoms with Crippen LogP contribution in [0, 0.1) is 5.92 Å². The molecule has 0 atom stereocenters. The zero-order valence-corrected chi connectivity index (χ0v) is 16.6. The predicted molar refractivity (Wildman–Crippen MR) is 116 cm³/mol. The van der Waals surface area contributed by atoms with E-state index in [0.29, 0.717) is 0 Å². The monoisotopic (exact) mass is 385 g/mol. The first kappa shape index (κ1) is 19.4. The van der Waals surface area contributed by atoms with Crippen molar-refractivity contribution < 1.29 is 9.90 Å². The SMILES string of the molecule is O=C(O)CC1CCN(C(c2ccccc2)(c2ccccc2)c2ccccc2)CC1. The lowest BCUT2D eigenvalue weighted by molar-refractivity contribution is -0.138. The molecule has 3 nitrogen and oxygen atoms in total. The minimum Gasteiger partial charge on any atom is -0.481 e. The van der Waals surface area contributed by atoms with Gasteiger partial charge in [-0.15, -0.1) is 0 Å². The molecule has 0 unspecified atom stereocenters. The van der Waals surface area contributed by atoms with Crippen molar-refractivity contribution >= 4 is 5.97 Å². The van der Waals surface area contributed by atoms with E-state index in [1.807, 2.05) is 0 Å². The van der Waals surface area contributed by atoms with Crippen LogP contribution in [-0.2, 0) is 10.3 Å². The van der Waals surface area contributed by atoms with Gasteiger partial charge in [-0.1, -0.05) is 91.0 Å². The average Bonchev–Trinajstić information content (AvgIpc) is 2.77. The quantitative estimate of drug-likeness (QED) is 0.596. The van der Waals surface area contributed by atoms with Crippen LogP contribution in [-0.4, -0.2) is 29.1 Å². The van der Waals surface area contributed by atoms with Crippen LogP contribution in [0.4, 0.5) is 0 Å². The van der Waals surface area contributed by atoms with Gasteiger partial charge in [0.05, 0.1) is 5.54 Å². The lowest BCUT2D eigenvalue weighted by atomic mass is 9.74. The van der Waals surface area contributed by atoms with Crippen molar-refractivity contribution in [3.8, 4) is 0 Å². The molecule has 1 aliphatic heterocycles. The molecule has 1 heterocycles. The lowest BCUT2D eigenvalue weighted by Crippen LogP contribution is -2.51. The second kappa shape index (κ2) is 8.62. The summed E-state index contributed by atoms with van der Waals surface area (Å²) in [4.78, 5) is 13.7. The van der Waals surface area contributed by atoms with E-state index < -0.39 is 11.5 Å². The molecule has 1 aliphatic rings. The molecule has 1 fully saturated rings. The molecule has 0 aliphatic carbocycles. The Morgan fingerprint density at radius 2 is 1.14 bits per heavy atom. The van der Waals surface area contributed by atoms with Gasteiger partial charge in [0.2, 0.25) is 0 Å². The van der Waals surface area contributed by atoms with Gasteiger partial charge in [-0.3, -0.25) is 9.69 Å². The summed E-state index contributed by atoms with van der Waals surface area (Å²) in [6.45, 7) is 1.74. The Hall–Kier alpha value is -2.91. The fourth-order valence-corrected chi connectivity index (χ4v) is 4.81. The Bertz CT molecular complexity index is 820. The molecule has 0 amide bonds. The summed E-state index contributed by atoms with van der Waals surface area (Å²) in [6.07, 6.45) is 2.07. The molecule has 3 aromatic rings. The molecular weight excluding hydrogens is 358 g/mol. The van der Waals surface area contributed by atoms with Gasteiger partial charge in [0, 0.05) is 6.42 Å². The molecule has 0 spiro atoms. The van der Waals surface area contributed by atoms with Crippen LogP contribution in [0.25, 0.3) is 0 Å². The summed E-state index contributed by atoms with van der Waals surface area (Å²) in [6, 6.07) is 32.1. The molecule has 148 valence electrons. The van der Waals surface area contributed by atoms with E-state index in [9.17, 15) is 9.90 Å². The summed E-state index contributed by atoms with van der Waals surface area (Å²) < 4.78 is 0. The van der Waals surface area contributed by atoms with E-state index in [4.69, 9.17) is 0 Å². The van der Waals surface area contributed by atoms with Crippen molar-refractivity contribution in [1.82, 2.24) is 4.90 Å². The number of carbonyl (C=O) groups is 1. The number of rotatable bonds is 6. The molecule has 3 heteroatoms. The zero-order valence-electron chi connectivity index (χ0n) is 16.6. The van der Waals surface area contributed by atoms with E-state index in [1.165, 1.54) is 16.7 Å². The molecule has 0 bridgehead atoms. The third kappa shape index (κ3) is 3.83. The second-order valence-corrected chi connectivity index (χ2v) is 7.84. The van der Waals surface area contributed by atoms with Crippen molar-refractivity contribution in [1.29, 1.82) is 0 Å². The number of hydrogen-bond donors (Lipinski definition) is 1. The number of carboxylic acids is 1. The van der Waals surface area contributed by atoms with E-state index in [-0.39, 0.29) is 12.3 Å². The summed E-state index contributed by atoms with van der Waals surface area (Å²) in [5, 5.41) is 9.21. The molecule has 29 heavy (non-hydrogen) atoms. The Morgan fingerprint density at radius 3 is 1.48 bits per heavy atom. The molecule has 1 saturated heterocycles. The third-order valence-electron chi connectivity index (χ3n) is 6.13. The maximum atomic E-state index is 11.2. The number of piperidine rings is 1. The molecule has 0 aromatic heterocycles. The standard InChI is InChI=1S/C26H27NO2/c28-25(29)20-21-16-18-27(19-17-21)26(22-10-4-1-5-11-22,23-12-6-2-7-13-23)24-14-8-3-9-15-24/h1-15,21H,16-20H2,(H,28,29). The fourth-order valence-electron chi connectivity index (χ4n) is 4.81. The second-order valence-electron chi connectivity index (χ2n) is 7.84. The number of hydrogen-bond acceptors (Lipinski definition) is 2. The van der Waals surface area contributed by atoms with Crippen LogP contribution in [0.2, 0.25) is 0 Å². The molecule has 0 saturated carbocycles. The van der Waals surface area contributed by atoms with Gasteiger partial charge < -0.3 is 5.11 Å². The van der Waals surface area contributed by atoms with Crippen molar-refractivity contribution in [2.75, 3.05) is 13.1 Å². The maximum absolute atomic E-state index is 11.2. The Balaban J connectivity index is 1.84. The summed E-state index contributed by atoms with van der Waals surface area (Å²) in [5.41, 5.74) is 3.34. The first-order chi connectivity index (χ1) is 14.2. The van der Waals surface area contributed by atoms with Gasteiger partial charge in [0.1, 0.15) is 0 Å². The minimum atomic E-state index is -0.691. The summed E-state index contributed by atoms with van der Waals surface area (Å²) in [7, 11) is 0. The van der Waals surface area contributed by atoms with Crippen LogP contribution < -0.4 is 0 Å². The van der Waals surface area contributed by atoms with Crippen molar-refractivity contribution in [2.24, 2.45) is 5.92 Å². The van der Waals surface area contributed by atoms with Crippen LogP contribution in [0.15, 0.2) is 91.0 Å².